The molecule has 2 rings (SSSR count). The van der Waals surface area contributed by atoms with E-state index in [0.29, 0.717) is 11.4 Å². The van der Waals surface area contributed by atoms with Crippen molar-refractivity contribution in [3.63, 3.8) is 0 Å². The molecule has 1 unspecified atom stereocenters. The van der Waals surface area contributed by atoms with Gasteiger partial charge in [-0.2, -0.15) is 0 Å². The highest BCUT2D eigenvalue weighted by Gasteiger charge is 2.09. The third-order valence-corrected chi connectivity index (χ3v) is 3.72. The summed E-state index contributed by atoms with van der Waals surface area (Å²) in [6.45, 7) is 4.04. The number of H-pyrrole nitrogens is 1. The number of imidazole rings is 1. The number of nitrogens with zero attached hydrogens (tertiary/aromatic N) is 1. The standard InChI is InChI=1S/C13H18N4OS/c1-3-8(2)15-12(18)7-19-13-16-10-5-4-9(14)6-11(10)17-13/h4-6,8H,3,7,14H2,1-2H3,(H,15,18)(H,16,17). The summed E-state index contributed by atoms with van der Waals surface area (Å²) < 4.78 is 0. The van der Waals surface area contributed by atoms with Crippen molar-refractivity contribution in [2.75, 3.05) is 11.5 Å². The summed E-state index contributed by atoms with van der Waals surface area (Å²) in [7, 11) is 0. The first-order chi connectivity index (χ1) is 9.08. The normalized spacial score (nSPS) is 12.5. The average Bonchev–Trinajstić information content (AvgIpc) is 2.78. The third kappa shape index (κ3) is 3.64. The van der Waals surface area contributed by atoms with Gasteiger partial charge in [-0.05, 0) is 31.5 Å². The van der Waals surface area contributed by atoms with Gasteiger partial charge in [-0.1, -0.05) is 18.7 Å². The zero-order chi connectivity index (χ0) is 13.8. The number of benzene rings is 1. The van der Waals surface area contributed by atoms with Crippen LogP contribution >= 0.6 is 11.8 Å². The number of rotatable bonds is 5. The summed E-state index contributed by atoms with van der Waals surface area (Å²) in [5.74, 6) is 0.388. The van der Waals surface area contributed by atoms with Crippen LogP contribution < -0.4 is 11.1 Å². The lowest BCUT2D eigenvalue weighted by atomic mass is 10.3. The predicted molar refractivity (Wildman–Crippen MR) is 79.1 cm³/mol. The van der Waals surface area contributed by atoms with E-state index in [2.05, 4.69) is 15.3 Å². The fourth-order valence-corrected chi connectivity index (χ4v) is 2.32. The zero-order valence-electron chi connectivity index (χ0n) is 11.1. The molecule has 102 valence electrons. The smallest absolute Gasteiger partial charge is 0.230 e. The van der Waals surface area contributed by atoms with Gasteiger partial charge < -0.3 is 16.0 Å². The number of anilines is 1. The maximum Gasteiger partial charge on any atom is 0.230 e. The van der Waals surface area contributed by atoms with E-state index < -0.39 is 0 Å². The van der Waals surface area contributed by atoms with Crippen molar-refractivity contribution in [2.24, 2.45) is 0 Å². The van der Waals surface area contributed by atoms with E-state index in [0.717, 1.165) is 22.6 Å². The van der Waals surface area contributed by atoms with Gasteiger partial charge in [-0.25, -0.2) is 4.98 Å². The van der Waals surface area contributed by atoms with Gasteiger partial charge in [-0.15, -0.1) is 0 Å². The number of hydrogen-bond acceptors (Lipinski definition) is 4. The molecule has 4 N–H and O–H groups in total. The van der Waals surface area contributed by atoms with Crippen LogP contribution in [0, 0.1) is 0 Å². The number of hydrogen-bond donors (Lipinski definition) is 3. The fourth-order valence-electron chi connectivity index (χ4n) is 1.62. The molecule has 1 aromatic carbocycles. The van der Waals surface area contributed by atoms with E-state index in [9.17, 15) is 4.79 Å². The molecule has 19 heavy (non-hydrogen) atoms. The molecular formula is C13H18N4OS. The van der Waals surface area contributed by atoms with Crippen LogP contribution in [0.2, 0.25) is 0 Å². The summed E-state index contributed by atoms with van der Waals surface area (Å²) in [6, 6.07) is 5.73. The molecule has 0 fully saturated rings. The maximum atomic E-state index is 11.7. The highest BCUT2D eigenvalue weighted by atomic mass is 32.2. The van der Waals surface area contributed by atoms with Crippen LogP contribution in [-0.2, 0) is 4.79 Å². The van der Waals surface area contributed by atoms with Gasteiger partial charge in [0.1, 0.15) is 0 Å². The van der Waals surface area contributed by atoms with E-state index in [1.54, 1.807) is 0 Å². The number of thioether (sulfide) groups is 1. The van der Waals surface area contributed by atoms with Crippen molar-refractivity contribution < 1.29 is 4.79 Å². The van der Waals surface area contributed by atoms with Gasteiger partial charge in [0.05, 0.1) is 16.8 Å². The van der Waals surface area contributed by atoms with Gasteiger partial charge in [0.2, 0.25) is 5.91 Å². The molecule has 0 radical (unpaired) electrons. The molecule has 0 aliphatic carbocycles. The van der Waals surface area contributed by atoms with Crippen molar-refractivity contribution in [3.8, 4) is 0 Å². The number of aromatic amines is 1. The number of amides is 1. The second-order valence-electron chi connectivity index (χ2n) is 4.48. The van der Waals surface area contributed by atoms with Crippen LogP contribution in [0.1, 0.15) is 20.3 Å². The van der Waals surface area contributed by atoms with Gasteiger partial charge in [0, 0.05) is 11.7 Å². The topological polar surface area (TPSA) is 83.8 Å². The van der Waals surface area contributed by atoms with Crippen LogP contribution in [-0.4, -0.2) is 27.7 Å². The zero-order valence-corrected chi connectivity index (χ0v) is 11.9. The van der Waals surface area contributed by atoms with Crippen LogP contribution in [0.4, 0.5) is 5.69 Å². The molecule has 2 aromatic rings. The minimum atomic E-state index is 0.0271. The molecule has 1 atom stereocenters. The first kappa shape index (κ1) is 13.7. The van der Waals surface area contributed by atoms with E-state index >= 15 is 0 Å². The largest absolute Gasteiger partial charge is 0.399 e. The molecule has 0 saturated heterocycles. The minimum absolute atomic E-state index is 0.0271. The Bertz CT molecular complexity index is 581. The Labute approximate surface area is 116 Å². The lowest BCUT2D eigenvalue weighted by molar-refractivity contribution is -0.119. The summed E-state index contributed by atoms with van der Waals surface area (Å²) in [4.78, 5) is 19.2. The molecule has 1 aromatic heterocycles. The minimum Gasteiger partial charge on any atom is -0.399 e. The first-order valence-electron chi connectivity index (χ1n) is 6.26. The molecule has 5 nitrogen and oxygen atoms in total. The number of aromatic nitrogens is 2. The highest BCUT2D eigenvalue weighted by molar-refractivity contribution is 7.99. The Hall–Kier alpha value is -1.69. The second kappa shape index (κ2) is 5.97. The summed E-state index contributed by atoms with van der Waals surface area (Å²) in [6.07, 6.45) is 0.931. The number of carbonyl (C=O) groups is 1. The summed E-state index contributed by atoms with van der Waals surface area (Å²) >= 11 is 1.39. The monoisotopic (exact) mass is 278 g/mol. The first-order valence-corrected chi connectivity index (χ1v) is 7.24. The lowest BCUT2D eigenvalue weighted by Gasteiger charge is -2.10. The molecule has 0 bridgehead atoms. The van der Waals surface area contributed by atoms with Crippen LogP contribution in [0.5, 0.6) is 0 Å². The Kier molecular flexibility index (Phi) is 4.31. The Morgan fingerprint density at radius 3 is 3.11 bits per heavy atom. The van der Waals surface area contributed by atoms with Crippen molar-refractivity contribution >= 4 is 34.4 Å². The molecule has 1 amide bonds. The van der Waals surface area contributed by atoms with E-state index in [1.165, 1.54) is 11.8 Å². The SMILES string of the molecule is CCC(C)NC(=O)CSc1nc2ccc(N)cc2[nH]1. The number of carbonyl (C=O) groups excluding carboxylic acids is 1. The number of nitrogens with one attached hydrogen (secondary N) is 2. The molecule has 0 aliphatic rings. The van der Waals surface area contributed by atoms with Crippen molar-refractivity contribution in [3.05, 3.63) is 18.2 Å². The number of nitrogens with two attached hydrogens (primary N) is 1. The fraction of sp³-hybridized carbons (Fsp3) is 0.385. The Morgan fingerprint density at radius 2 is 2.37 bits per heavy atom. The van der Waals surface area contributed by atoms with Crippen molar-refractivity contribution in [1.29, 1.82) is 0 Å². The molecule has 0 saturated carbocycles. The molecular weight excluding hydrogens is 260 g/mol. The van der Waals surface area contributed by atoms with Gasteiger partial charge in [0.25, 0.3) is 0 Å². The van der Waals surface area contributed by atoms with Gasteiger partial charge >= 0.3 is 0 Å². The van der Waals surface area contributed by atoms with Gasteiger partial charge in [-0.3, -0.25) is 4.79 Å². The quantitative estimate of drug-likeness (QED) is 0.578. The summed E-state index contributed by atoms with van der Waals surface area (Å²) in [5, 5.41) is 3.66. The average molecular weight is 278 g/mol. The van der Waals surface area contributed by atoms with E-state index in [4.69, 9.17) is 5.73 Å². The molecule has 1 heterocycles. The second-order valence-corrected chi connectivity index (χ2v) is 5.45. The summed E-state index contributed by atoms with van der Waals surface area (Å²) in [5.41, 5.74) is 8.16. The number of nitrogen functional groups attached to an aromatic ring is 1. The molecule has 0 aliphatic heterocycles. The maximum absolute atomic E-state index is 11.7. The van der Waals surface area contributed by atoms with E-state index in [1.807, 2.05) is 32.0 Å². The number of fused-ring (bicyclic) bond motifs is 1. The molecule has 0 spiro atoms. The third-order valence-electron chi connectivity index (χ3n) is 2.84. The predicted octanol–water partition coefficient (Wildman–Crippen LogP) is 2.15. The molecule has 6 heteroatoms. The highest BCUT2D eigenvalue weighted by Crippen LogP contribution is 2.20. The Balaban J connectivity index is 1.96. The van der Waals surface area contributed by atoms with Crippen LogP contribution in [0.3, 0.4) is 0 Å². The van der Waals surface area contributed by atoms with Crippen LogP contribution in [0.15, 0.2) is 23.4 Å². The van der Waals surface area contributed by atoms with Crippen molar-refractivity contribution in [1.82, 2.24) is 15.3 Å². The van der Waals surface area contributed by atoms with Crippen LogP contribution in [0.25, 0.3) is 11.0 Å². The van der Waals surface area contributed by atoms with Gasteiger partial charge in [0.15, 0.2) is 5.16 Å². The lowest BCUT2D eigenvalue weighted by Crippen LogP contribution is -2.33. The van der Waals surface area contributed by atoms with E-state index in [-0.39, 0.29) is 11.9 Å². The van der Waals surface area contributed by atoms with Crippen molar-refractivity contribution in [2.45, 2.75) is 31.5 Å². The Morgan fingerprint density at radius 1 is 1.58 bits per heavy atom.